The van der Waals surface area contributed by atoms with E-state index in [1.807, 2.05) is 108 Å². The Morgan fingerprint density at radius 2 is 1.54 bits per heavy atom. The average Bonchev–Trinajstić information content (AvgIpc) is 3.49. The van der Waals surface area contributed by atoms with Crippen molar-refractivity contribution in [3.63, 3.8) is 0 Å². The van der Waals surface area contributed by atoms with E-state index in [2.05, 4.69) is 21.7 Å². The zero-order valence-electron chi connectivity index (χ0n) is 18.8. The minimum absolute atomic E-state index is 0.0125. The van der Waals surface area contributed by atoms with E-state index < -0.39 is 5.91 Å². The number of carbonyl (C=O) groups is 1. The molecule has 2 aromatic heterocycles. The first kappa shape index (κ1) is 22.1. The fourth-order valence-electron chi connectivity index (χ4n) is 3.81. The van der Waals surface area contributed by atoms with E-state index in [-0.39, 0.29) is 11.3 Å². The van der Waals surface area contributed by atoms with Crippen molar-refractivity contribution >= 4 is 17.2 Å². The topological polar surface area (TPSA) is 88.0 Å². The minimum atomic E-state index is -0.556. The molecule has 3 aromatic carbocycles. The third-order valence-corrected chi connectivity index (χ3v) is 6.35. The van der Waals surface area contributed by atoms with Gasteiger partial charge < -0.3 is 0 Å². The molecule has 0 aliphatic carbocycles. The van der Waals surface area contributed by atoms with Crippen molar-refractivity contribution in [1.29, 1.82) is 5.26 Å². The highest BCUT2D eigenvalue weighted by Crippen LogP contribution is 2.28. The van der Waals surface area contributed by atoms with Gasteiger partial charge in [0.05, 0.1) is 11.4 Å². The third kappa shape index (κ3) is 4.28. The van der Waals surface area contributed by atoms with Gasteiger partial charge in [-0.3, -0.25) is 9.36 Å². The summed E-state index contributed by atoms with van der Waals surface area (Å²) in [7, 11) is 0. The molecule has 5 rings (SSSR count). The number of carbonyl (C=O) groups excluding carboxylic acids is 1. The van der Waals surface area contributed by atoms with Crippen molar-refractivity contribution in [2.45, 2.75) is 6.92 Å². The van der Waals surface area contributed by atoms with E-state index in [9.17, 15) is 10.1 Å². The summed E-state index contributed by atoms with van der Waals surface area (Å²) in [6.07, 6.45) is 0. The number of nitrogens with zero attached hydrogens (tertiary/aromatic N) is 5. The molecule has 8 heteroatoms. The molecule has 0 saturated heterocycles. The molecule has 2 heterocycles. The highest BCUT2D eigenvalue weighted by molar-refractivity contribution is 7.07. The number of nitriles is 1. The Hall–Kier alpha value is -4.74. The highest BCUT2D eigenvalue weighted by atomic mass is 32.1. The maximum atomic E-state index is 13.2. The highest BCUT2D eigenvalue weighted by Gasteiger charge is 2.25. The van der Waals surface area contributed by atoms with E-state index >= 15 is 0 Å². The summed E-state index contributed by atoms with van der Waals surface area (Å²) in [5, 5.41) is 20.9. The molecule has 0 aliphatic heterocycles. The number of para-hydroxylation sites is 2. The lowest BCUT2D eigenvalue weighted by atomic mass is 10.1. The molecule has 7 nitrogen and oxygen atoms in total. The zero-order valence-corrected chi connectivity index (χ0v) is 19.6. The fraction of sp³-hybridized carbons (Fsp3) is 0.0370. The maximum Gasteiger partial charge on any atom is 0.293 e. The summed E-state index contributed by atoms with van der Waals surface area (Å²) < 4.78 is 3.58. The standard InChI is InChI=1S/C27H20N6OS/c1-19-18-35-27(32(19)21-13-7-3-8-14-21)30-29-26(34)24-23(17-28)25(20-11-5-2-6-12-20)33(31-24)22-15-9-4-10-16-22/h2-16,18H,1H3,(H,29,34)/b30-27+. The van der Waals surface area contributed by atoms with Gasteiger partial charge in [0.2, 0.25) is 4.80 Å². The predicted molar refractivity (Wildman–Crippen MR) is 135 cm³/mol. The second-order valence-corrected chi connectivity index (χ2v) is 8.52. The van der Waals surface area contributed by atoms with Crippen LogP contribution in [-0.4, -0.2) is 20.3 Å². The van der Waals surface area contributed by atoms with Crippen LogP contribution in [0.5, 0.6) is 0 Å². The van der Waals surface area contributed by atoms with Crippen LogP contribution in [0.3, 0.4) is 0 Å². The van der Waals surface area contributed by atoms with E-state index in [4.69, 9.17) is 0 Å². The molecule has 0 saturated carbocycles. The molecule has 5 aromatic rings. The number of hydrogen-bond acceptors (Lipinski definition) is 5. The summed E-state index contributed by atoms with van der Waals surface area (Å²) in [6, 6.07) is 30.8. The SMILES string of the molecule is Cc1cs/c(=N/NC(=O)c2nn(-c3ccccc3)c(-c3ccccc3)c2C#N)n1-c1ccccc1. The van der Waals surface area contributed by atoms with Gasteiger partial charge in [0.15, 0.2) is 5.69 Å². The molecule has 1 amide bonds. The Bertz CT molecular complexity index is 1590. The van der Waals surface area contributed by atoms with Crippen LogP contribution in [0.25, 0.3) is 22.6 Å². The Morgan fingerprint density at radius 3 is 2.17 bits per heavy atom. The number of aromatic nitrogens is 3. The molecular formula is C27H20N6OS. The molecule has 0 atom stereocenters. The molecule has 0 radical (unpaired) electrons. The summed E-state index contributed by atoms with van der Waals surface area (Å²) in [6.45, 7) is 1.98. The van der Waals surface area contributed by atoms with E-state index in [1.54, 1.807) is 4.68 Å². The quantitative estimate of drug-likeness (QED) is 0.369. The Morgan fingerprint density at radius 1 is 0.943 bits per heavy atom. The van der Waals surface area contributed by atoms with Crippen molar-refractivity contribution < 1.29 is 4.79 Å². The number of thiazole rings is 1. The fourth-order valence-corrected chi connectivity index (χ4v) is 4.65. The van der Waals surface area contributed by atoms with E-state index in [0.29, 0.717) is 10.5 Å². The first-order valence-electron chi connectivity index (χ1n) is 10.9. The van der Waals surface area contributed by atoms with Gasteiger partial charge in [-0.1, -0.05) is 66.7 Å². The van der Waals surface area contributed by atoms with Gasteiger partial charge in [-0.25, -0.2) is 10.1 Å². The molecular weight excluding hydrogens is 456 g/mol. The number of aryl methyl sites for hydroxylation is 1. The summed E-state index contributed by atoms with van der Waals surface area (Å²) in [5.41, 5.74) is 6.82. The average molecular weight is 477 g/mol. The first-order chi connectivity index (χ1) is 17.2. The molecule has 170 valence electrons. The molecule has 0 aliphatic rings. The van der Waals surface area contributed by atoms with E-state index in [1.165, 1.54) is 11.3 Å². The number of benzene rings is 3. The van der Waals surface area contributed by atoms with Crippen LogP contribution >= 0.6 is 11.3 Å². The molecule has 0 fully saturated rings. The van der Waals surface area contributed by atoms with Gasteiger partial charge >= 0.3 is 0 Å². The van der Waals surface area contributed by atoms with Gasteiger partial charge in [-0.05, 0) is 31.2 Å². The number of nitrogens with one attached hydrogen (secondary N) is 1. The number of rotatable bonds is 5. The smallest absolute Gasteiger partial charge is 0.288 e. The van der Waals surface area contributed by atoms with Gasteiger partial charge in [-0.15, -0.1) is 16.4 Å². The second kappa shape index (κ2) is 9.63. The van der Waals surface area contributed by atoms with Gasteiger partial charge in [0.25, 0.3) is 5.91 Å². The lowest BCUT2D eigenvalue weighted by Crippen LogP contribution is -2.25. The second-order valence-electron chi connectivity index (χ2n) is 7.68. The first-order valence-corrected chi connectivity index (χ1v) is 11.8. The number of amides is 1. The zero-order chi connectivity index (χ0) is 24.2. The lowest BCUT2D eigenvalue weighted by Gasteiger charge is -2.07. The largest absolute Gasteiger partial charge is 0.293 e. The van der Waals surface area contributed by atoms with Crippen LogP contribution < -0.4 is 10.2 Å². The normalized spacial score (nSPS) is 11.3. The molecule has 35 heavy (non-hydrogen) atoms. The van der Waals surface area contributed by atoms with Crippen molar-refractivity contribution in [3.05, 3.63) is 118 Å². The minimum Gasteiger partial charge on any atom is -0.288 e. The maximum absolute atomic E-state index is 13.2. The Balaban J connectivity index is 1.58. The van der Waals surface area contributed by atoms with Gasteiger partial charge in [0, 0.05) is 22.3 Å². The van der Waals surface area contributed by atoms with Gasteiger partial charge in [-0.2, -0.15) is 10.4 Å². The third-order valence-electron chi connectivity index (χ3n) is 5.41. The van der Waals surface area contributed by atoms with Crippen LogP contribution in [-0.2, 0) is 0 Å². The summed E-state index contributed by atoms with van der Waals surface area (Å²) in [4.78, 5) is 13.8. The summed E-state index contributed by atoms with van der Waals surface area (Å²) >= 11 is 1.41. The molecule has 1 N–H and O–H groups in total. The predicted octanol–water partition coefficient (Wildman–Crippen LogP) is 4.82. The molecule has 0 spiro atoms. The van der Waals surface area contributed by atoms with Crippen molar-refractivity contribution in [2.24, 2.45) is 5.10 Å². The Kier molecular flexibility index (Phi) is 6.07. The van der Waals surface area contributed by atoms with Crippen LogP contribution in [0.15, 0.2) is 101 Å². The van der Waals surface area contributed by atoms with Crippen LogP contribution in [0.1, 0.15) is 21.7 Å². The van der Waals surface area contributed by atoms with Crippen LogP contribution in [0.2, 0.25) is 0 Å². The van der Waals surface area contributed by atoms with Gasteiger partial charge in [0.1, 0.15) is 11.6 Å². The molecule has 0 unspecified atom stereocenters. The monoisotopic (exact) mass is 476 g/mol. The summed E-state index contributed by atoms with van der Waals surface area (Å²) in [5.74, 6) is -0.556. The molecule has 0 bridgehead atoms. The number of hydrogen-bond donors (Lipinski definition) is 1. The van der Waals surface area contributed by atoms with E-state index in [0.717, 1.165) is 22.6 Å². The lowest BCUT2D eigenvalue weighted by molar-refractivity contribution is 0.0947. The van der Waals surface area contributed by atoms with Crippen molar-refractivity contribution in [2.75, 3.05) is 0 Å². The van der Waals surface area contributed by atoms with Crippen molar-refractivity contribution in [3.8, 4) is 28.7 Å². The van der Waals surface area contributed by atoms with Crippen LogP contribution in [0.4, 0.5) is 0 Å². The van der Waals surface area contributed by atoms with Crippen LogP contribution in [0, 0.1) is 18.3 Å². The Labute approximate surface area is 205 Å². The van der Waals surface area contributed by atoms with Crippen molar-refractivity contribution in [1.82, 2.24) is 19.8 Å².